The molecule has 0 aromatic heterocycles. The van der Waals surface area contributed by atoms with Gasteiger partial charge in [0.05, 0.1) is 0 Å². The number of rotatable bonds is 1. The van der Waals surface area contributed by atoms with Gasteiger partial charge in [-0.1, -0.05) is 23.2 Å². The Labute approximate surface area is 88.6 Å². The van der Waals surface area contributed by atoms with E-state index in [9.17, 15) is 13.2 Å². The molecule has 0 aliphatic heterocycles. The predicted molar refractivity (Wildman–Crippen MR) is 49.4 cm³/mol. The molecule has 78 valence electrons. The Kier molecular flexibility index (Phi) is 3.29. The summed E-state index contributed by atoms with van der Waals surface area (Å²) in [6, 6.07) is 1.58. The Morgan fingerprint density at radius 2 is 1.50 bits per heavy atom. The van der Waals surface area contributed by atoms with E-state index in [-0.39, 0.29) is 15.6 Å². The minimum atomic E-state index is -4.49. The van der Waals surface area contributed by atoms with Gasteiger partial charge < -0.3 is 5.73 Å². The SMILES string of the molecule is NC(c1cc(Cl)cc(Cl)c1)C(F)(F)F. The van der Waals surface area contributed by atoms with Crippen molar-refractivity contribution in [3.05, 3.63) is 33.8 Å². The summed E-state index contributed by atoms with van der Waals surface area (Å²) in [4.78, 5) is 0. The summed E-state index contributed by atoms with van der Waals surface area (Å²) in [7, 11) is 0. The predicted octanol–water partition coefficient (Wildman–Crippen LogP) is 3.56. The second kappa shape index (κ2) is 3.96. The lowest BCUT2D eigenvalue weighted by Crippen LogP contribution is -2.28. The number of nitrogens with two attached hydrogens (primary N) is 1. The molecule has 0 saturated carbocycles. The van der Waals surface area contributed by atoms with Crippen molar-refractivity contribution >= 4 is 23.2 Å². The van der Waals surface area contributed by atoms with Crippen molar-refractivity contribution in [1.82, 2.24) is 0 Å². The van der Waals surface area contributed by atoms with Crippen LogP contribution in [0.4, 0.5) is 13.2 Å². The normalized spacial score (nSPS) is 14.1. The Bertz CT molecular complexity index is 318. The Morgan fingerprint density at radius 3 is 1.86 bits per heavy atom. The van der Waals surface area contributed by atoms with Crippen LogP contribution in [0.3, 0.4) is 0 Å². The van der Waals surface area contributed by atoms with Crippen molar-refractivity contribution in [2.24, 2.45) is 5.73 Å². The average molecular weight is 244 g/mol. The monoisotopic (exact) mass is 243 g/mol. The maximum Gasteiger partial charge on any atom is 0.407 e. The molecule has 1 aromatic carbocycles. The van der Waals surface area contributed by atoms with E-state index in [4.69, 9.17) is 28.9 Å². The lowest BCUT2D eigenvalue weighted by Gasteiger charge is -2.16. The lowest BCUT2D eigenvalue weighted by atomic mass is 10.1. The van der Waals surface area contributed by atoms with Crippen LogP contribution < -0.4 is 5.73 Å². The highest BCUT2D eigenvalue weighted by molar-refractivity contribution is 6.34. The van der Waals surface area contributed by atoms with Crippen LogP contribution in [0.1, 0.15) is 11.6 Å². The zero-order valence-electron chi connectivity index (χ0n) is 6.78. The van der Waals surface area contributed by atoms with Gasteiger partial charge in [0.1, 0.15) is 6.04 Å². The molecule has 0 amide bonds. The molecule has 0 bridgehead atoms. The van der Waals surface area contributed by atoms with Crippen LogP contribution in [0, 0.1) is 0 Å². The van der Waals surface area contributed by atoms with Crippen LogP contribution in [-0.4, -0.2) is 6.18 Å². The van der Waals surface area contributed by atoms with E-state index in [1.54, 1.807) is 0 Å². The van der Waals surface area contributed by atoms with Crippen LogP contribution in [-0.2, 0) is 0 Å². The molecule has 1 rings (SSSR count). The van der Waals surface area contributed by atoms with Crippen LogP contribution in [0.5, 0.6) is 0 Å². The van der Waals surface area contributed by atoms with Gasteiger partial charge in [-0.25, -0.2) is 0 Å². The Morgan fingerprint density at radius 1 is 1.07 bits per heavy atom. The number of alkyl halides is 3. The molecule has 1 aromatic rings. The number of hydrogen-bond acceptors (Lipinski definition) is 1. The van der Waals surface area contributed by atoms with Gasteiger partial charge in [-0.2, -0.15) is 13.2 Å². The highest BCUT2D eigenvalue weighted by Crippen LogP contribution is 2.32. The molecule has 0 aliphatic rings. The van der Waals surface area contributed by atoms with E-state index in [1.165, 1.54) is 6.07 Å². The first-order chi connectivity index (χ1) is 6.30. The molecule has 1 nitrogen and oxygen atoms in total. The van der Waals surface area contributed by atoms with Gasteiger partial charge in [0.15, 0.2) is 0 Å². The Balaban J connectivity index is 3.07. The van der Waals surface area contributed by atoms with Gasteiger partial charge in [0.2, 0.25) is 0 Å². The fraction of sp³-hybridized carbons (Fsp3) is 0.250. The smallest absolute Gasteiger partial charge is 0.316 e. The molecule has 0 spiro atoms. The molecular formula is C8H6Cl2F3N. The fourth-order valence-electron chi connectivity index (χ4n) is 0.944. The number of halogens is 5. The van der Waals surface area contributed by atoms with Gasteiger partial charge in [0, 0.05) is 10.0 Å². The van der Waals surface area contributed by atoms with Gasteiger partial charge in [-0.05, 0) is 23.8 Å². The molecule has 6 heteroatoms. The third-order valence-electron chi connectivity index (χ3n) is 1.60. The van der Waals surface area contributed by atoms with E-state index in [0.717, 1.165) is 12.1 Å². The maximum absolute atomic E-state index is 12.2. The summed E-state index contributed by atoms with van der Waals surface area (Å²) in [5, 5.41) is 0.263. The topological polar surface area (TPSA) is 26.0 Å². The van der Waals surface area contributed by atoms with Gasteiger partial charge in [-0.3, -0.25) is 0 Å². The summed E-state index contributed by atoms with van der Waals surface area (Å²) >= 11 is 11.1. The summed E-state index contributed by atoms with van der Waals surface area (Å²) in [6.45, 7) is 0. The van der Waals surface area contributed by atoms with Crippen LogP contribution >= 0.6 is 23.2 Å². The first-order valence-electron chi connectivity index (χ1n) is 3.59. The molecule has 0 radical (unpaired) electrons. The summed E-state index contributed by atoms with van der Waals surface area (Å²) in [6.07, 6.45) is -4.49. The summed E-state index contributed by atoms with van der Waals surface area (Å²) < 4.78 is 36.6. The van der Waals surface area contributed by atoms with Crippen molar-refractivity contribution < 1.29 is 13.2 Å². The summed E-state index contributed by atoms with van der Waals surface area (Å²) in [5.74, 6) is 0. The highest BCUT2D eigenvalue weighted by atomic mass is 35.5. The number of benzene rings is 1. The van der Waals surface area contributed by atoms with Gasteiger partial charge in [-0.15, -0.1) is 0 Å². The quantitative estimate of drug-likeness (QED) is 0.802. The third-order valence-corrected chi connectivity index (χ3v) is 2.03. The fourth-order valence-corrected chi connectivity index (χ4v) is 1.49. The molecule has 0 fully saturated rings. The highest BCUT2D eigenvalue weighted by Gasteiger charge is 2.37. The maximum atomic E-state index is 12.2. The second-order valence-electron chi connectivity index (χ2n) is 2.72. The second-order valence-corrected chi connectivity index (χ2v) is 3.59. The molecule has 0 aliphatic carbocycles. The summed E-state index contributed by atoms with van der Waals surface area (Å²) in [5.41, 5.74) is 4.82. The molecule has 2 N–H and O–H groups in total. The van der Waals surface area contributed by atoms with E-state index in [1.807, 2.05) is 0 Å². The lowest BCUT2D eigenvalue weighted by molar-refractivity contribution is -0.149. The molecule has 0 heterocycles. The van der Waals surface area contributed by atoms with Crippen molar-refractivity contribution in [3.8, 4) is 0 Å². The van der Waals surface area contributed by atoms with Crippen molar-refractivity contribution in [1.29, 1.82) is 0 Å². The van der Waals surface area contributed by atoms with Crippen molar-refractivity contribution in [3.63, 3.8) is 0 Å². The molecule has 14 heavy (non-hydrogen) atoms. The van der Waals surface area contributed by atoms with Crippen LogP contribution in [0.25, 0.3) is 0 Å². The minimum Gasteiger partial charge on any atom is -0.316 e. The van der Waals surface area contributed by atoms with Crippen molar-refractivity contribution in [2.45, 2.75) is 12.2 Å². The van der Waals surface area contributed by atoms with Gasteiger partial charge >= 0.3 is 6.18 Å². The molecule has 1 atom stereocenters. The van der Waals surface area contributed by atoms with Crippen LogP contribution in [0.2, 0.25) is 10.0 Å². The molecule has 1 unspecified atom stereocenters. The molecule has 0 saturated heterocycles. The first-order valence-corrected chi connectivity index (χ1v) is 4.34. The first kappa shape index (κ1) is 11.6. The van der Waals surface area contributed by atoms with E-state index >= 15 is 0 Å². The van der Waals surface area contributed by atoms with E-state index in [0.29, 0.717) is 0 Å². The standard InChI is InChI=1S/C8H6Cl2F3N/c9-5-1-4(2-6(10)3-5)7(14)8(11,12)13/h1-3,7H,14H2. The molecular weight excluding hydrogens is 238 g/mol. The zero-order chi connectivity index (χ0) is 10.9. The largest absolute Gasteiger partial charge is 0.407 e. The third kappa shape index (κ3) is 2.77. The van der Waals surface area contributed by atoms with E-state index in [2.05, 4.69) is 0 Å². The van der Waals surface area contributed by atoms with E-state index < -0.39 is 12.2 Å². The minimum absolute atomic E-state index is 0.132. The van der Waals surface area contributed by atoms with Crippen molar-refractivity contribution in [2.75, 3.05) is 0 Å². The van der Waals surface area contributed by atoms with Gasteiger partial charge in [0.25, 0.3) is 0 Å². The number of hydrogen-bond donors (Lipinski definition) is 1. The zero-order valence-corrected chi connectivity index (χ0v) is 8.29. The average Bonchev–Trinajstić information content (AvgIpc) is 1.99. The Hall–Kier alpha value is -0.450. The van der Waals surface area contributed by atoms with Crippen LogP contribution in [0.15, 0.2) is 18.2 Å².